The molecule has 0 bridgehead atoms. The summed E-state index contributed by atoms with van der Waals surface area (Å²) >= 11 is 3.20. The molecule has 0 unspecified atom stereocenters. The number of hydrogen-bond donors (Lipinski definition) is 1. The highest BCUT2D eigenvalue weighted by atomic mass is 79.9. The third-order valence-electron chi connectivity index (χ3n) is 2.64. The first-order valence-corrected chi connectivity index (χ1v) is 6.39. The summed E-state index contributed by atoms with van der Waals surface area (Å²) in [5, 5.41) is 13.3. The van der Waals surface area contributed by atoms with Crippen LogP contribution in [-0.4, -0.2) is 4.92 Å². The highest BCUT2D eigenvalue weighted by molar-refractivity contribution is 9.10. The predicted molar refractivity (Wildman–Crippen MR) is 74.5 cm³/mol. The lowest BCUT2D eigenvalue weighted by Gasteiger charge is -2.09. The minimum atomic E-state index is -0.915. The van der Waals surface area contributed by atoms with E-state index in [2.05, 4.69) is 21.2 Å². The lowest BCUT2D eigenvalue weighted by molar-refractivity contribution is -0.387. The third kappa shape index (κ3) is 3.11. The molecule has 20 heavy (non-hydrogen) atoms. The van der Waals surface area contributed by atoms with Crippen LogP contribution in [0.1, 0.15) is 5.56 Å². The first-order chi connectivity index (χ1) is 9.49. The topological polar surface area (TPSA) is 55.2 Å². The maximum Gasteiger partial charge on any atom is 0.304 e. The molecule has 1 N–H and O–H groups in total. The second kappa shape index (κ2) is 5.96. The molecule has 0 saturated heterocycles. The van der Waals surface area contributed by atoms with Gasteiger partial charge in [0, 0.05) is 17.1 Å². The number of nitrogens with one attached hydrogen (secondary N) is 1. The van der Waals surface area contributed by atoms with Gasteiger partial charge < -0.3 is 5.32 Å². The molecule has 2 aromatic rings. The van der Waals surface area contributed by atoms with E-state index in [1.54, 1.807) is 12.1 Å². The van der Waals surface area contributed by atoms with Gasteiger partial charge in [0.15, 0.2) is 0 Å². The Kier molecular flexibility index (Phi) is 4.29. The minimum absolute atomic E-state index is 0.147. The van der Waals surface area contributed by atoms with E-state index in [4.69, 9.17) is 0 Å². The predicted octanol–water partition coefficient (Wildman–Crippen LogP) is 4.25. The quantitative estimate of drug-likeness (QED) is 0.667. The van der Waals surface area contributed by atoms with Crippen LogP contribution in [0.5, 0.6) is 0 Å². The number of rotatable bonds is 4. The number of halogens is 3. The van der Waals surface area contributed by atoms with Gasteiger partial charge in [-0.1, -0.05) is 12.1 Å². The van der Waals surface area contributed by atoms with E-state index in [0.717, 1.165) is 12.1 Å². The molecule has 0 aromatic heterocycles. The molecule has 0 aliphatic carbocycles. The molecule has 0 heterocycles. The van der Waals surface area contributed by atoms with Crippen LogP contribution in [0.25, 0.3) is 0 Å². The first-order valence-electron chi connectivity index (χ1n) is 5.59. The van der Waals surface area contributed by atoms with Crippen LogP contribution in [0, 0.1) is 21.7 Å². The van der Waals surface area contributed by atoms with Crippen molar-refractivity contribution < 1.29 is 13.7 Å². The second-order valence-electron chi connectivity index (χ2n) is 3.99. The number of anilines is 1. The Bertz CT molecular complexity index is 645. The summed E-state index contributed by atoms with van der Waals surface area (Å²) in [6, 6.07) is 8.08. The SMILES string of the molecule is O=[N+]([O-])c1ccc(CNc2c(F)cccc2Br)cc1F. The van der Waals surface area contributed by atoms with Gasteiger partial charge in [-0.15, -0.1) is 0 Å². The Morgan fingerprint density at radius 2 is 1.95 bits per heavy atom. The monoisotopic (exact) mass is 342 g/mol. The van der Waals surface area contributed by atoms with Crippen LogP contribution in [0.15, 0.2) is 40.9 Å². The van der Waals surface area contributed by atoms with E-state index in [0.29, 0.717) is 10.0 Å². The average Bonchev–Trinajstić information content (AvgIpc) is 2.37. The molecule has 4 nitrogen and oxygen atoms in total. The van der Waals surface area contributed by atoms with Gasteiger partial charge in [-0.3, -0.25) is 10.1 Å². The summed E-state index contributed by atoms with van der Waals surface area (Å²) in [4.78, 5) is 9.70. The summed E-state index contributed by atoms with van der Waals surface area (Å²) in [7, 11) is 0. The highest BCUT2D eigenvalue weighted by Crippen LogP contribution is 2.26. The first kappa shape index (κ1) is 14.4. The van der Waals surface area contributed by atoms with Gasteiger partial charge in [-0.25, -0.2) is 4.39 Å². The largest absolute Gasteiger partial charge is 0.378 e. The van der Waals surface area contributed by atoms with E-state index in [-0.39, 0.29) is 12.2 Å². The van der Waals surface area contributed by atoms with E-state index in [9.17, 15) is 18.9 Å². The molecule has 0 aliphatic rings. The van der Waals surface area contributed by atoms with Gasteiger partial charge in [-0.05, 0) is 39.7 Å². The van der Waals surface area contributed by atoms with Crippen LogP contribution >= 0.6 is 15.9 Å². The molecule has 0 amide bonds. The fraction of sp³-hybridized carbons (Fsp3) is 0.0769. The number of para-hydroxylation sites is 1. The van der Waals surface area contributed by atoms with Gasteiger partial charge in [0.25, 0.3) is 0 Å². The fourth-order valence-electron chi connectivity index (χ4n) is 1.67. The summed E-state index contributed by atoms with van der Waals surface area (Å²) < 4.78 is 27.5. The number of nitrogens with zero attached hydrogens (tertiary/aromatic N) is 1. The van der Waals surface area contributed by atoms with Crippen LogP contribution in [0.4, 0.5) is 20.2 Å². The molecule has 0 radical (unpaired) electrons. The van der Waals surface area contributed by atoms with Crippen molar-refractivity contribution in [1.82, 2.24) is 0 Å². The summed E-state index contributed by atoms with van der Waals surface area (Å²) in [5.74, 6) is -1.36. The number of benzene rings is 2. The molecular formula is C13H9BrF2N2O2. The Labute approximate surface area is 121 Å². The van der Waals surface area contributed by atoms with Crippen LogP contribution in [-0.2, 0) is 6.54 Å². The molecule has 104 valence electrons. The second-order valence-corrected chi connectivity index (χ2v) is 4.85. The smallest absolute Gasteiger partial charge is 0.304 e. The van der Waals surface area contributed by atoms with Gasteiger partial charge in [-0.2, -0.15) is 4.39 Å². The number of nitro benzene ring substituents is 1. The van der Waals surface area contributed by atoms with Crippen molar-refractivity contribution in [2.24, 2.45) is 0 Å². The Morgan fingerprint density at radius 3 is 2.55 bits per heavy atom. The molecule has 0 spiro atoms. The molecule has 0 fully saturated rings. The number of nitro groups is 1. The lowest BCUT2D eigenvalue weighted by Crippen LogP contribution is -2.03. The maximum absolute atomic E-state index is 13.5. The summed E-state index contributed by atoms with van der Waals surface area (Å²) in [6.45, 7) is 0.147. The van der Waals surface area contributed by atoms with E-state index in [1.165, 1.54) is 12.1 Å². The Balaban J connectivity index is 2.16. The zero-order valence-electron chi connectivity index (χ0n) is 10.1. The van der Waals surface area contributed by atoms with Gasteiger partial charge in [0.1, 0.15) is 5.82 Å². The van der Waals surface area contributed by atoms with E-state index in [1.807, 2.05) is 0 Å². The molecule has 0 aliphatic heterocycles. The summed E-state index contributed by atoms with van der Waals surface area (Å²) in [5.41, 5.74) is 0.148. The van der Waals surface area contributed by atoms with Gasteiger partial charge in [0.2, 0.25) is 5.82 Å². The molecule has 2 rings (SSSR count). The van der Waals surface area contributed by atoms with Crippen LogP contribution in [0.3, 0.4) is 0 Å². The van der Waals surface area contributed by atoms with Crippen molar-refractivity contribution in [2.75, 3.05) is 5.32 Å². The zero-order chi connectivity index (χ0) is 14.7. The Morgan fingerprint density at radius 1 is 1.20 bits per heavy atom. The highest BCUT2D eigenvalue weighted by Gasteiger charge is 2.14. The normalized spacial score (nSPS) is 10.3. The standard InChI is InChI=1S/C13H9BrF2N2O2/c14-9-2-1-3-10(15)13(9)17-7-8-4-5-12(18(19)20)11(16)6-8/h1-6,17H,7H2. The van der Waals surface area contributed by atoms with Crippen molar-refractivity contribution in [1.29, 1.82) is 0 Å². The number of hydrogen-bond acceptors (Lipinski definition) is 3. The van der Waals surface area contributed by atoms with Gasteiger partial charge >= 0.3 is 5.69 Å². The summed E-state index contributed by atoms with van der Waals surface area (Å²) in [6.07, 6.45) is 0. The maximum atomic E-state index is 13.5. The Hall–Kier alpha value is -2.02. The van der Waals surface area contributed by atoms with E-state index >= 15 is 0 Å². The van der Waals surface area contributed by atoms with Crippen molar-refractivity contribution >= 4 is 27.3 Å². The molecule has 2 aromatic carbocycles. The van der Waals surface area contributed by atoms with Crippen molar-refractivity contribution in [3.05, 3.63) is 68.2 Å². The van der Waals surface area contributed by atoms with Gasteiger partial charge in [0.05, 0.1) is 10.6 Å². The molecule has 7 heteroatoms. The molecule has 0 atom stereocenters. The van der Waals surface area contributed by atoms with Crippen LogP contribution < -0.4 is 5.32 Å². The molecule has 0 saturated carbocycles. The fourth-order valence-corrected chi connectivity index (χ4v) is 2.15. The van der Waals surface area contributed by atoms with Crippen LogP contribution in [0.2, 0.25) is 0 Å². The van der Waals surface area contributed by atoms with Crippen molar-refractivity contribution in [3.8, 4) is 0 Å². The average molecular weight is 343 g/mol. The zero-order valence-corrected chi connectivity index (χ0v) is 11.7. The van der Waals surface area contributed by atoms with Crippen molar-refractivity contribution in [2.45, 2.75) is 6.54 Å². The van der Waals surface area contributed by atoms with E-state index < -0.39 is 22.2 Å². The van der Waals surface area contributed by atoms with Crippen molar-refractivity contribution in [3.63, 3.8) is 0 Å². The molecular weight excluding hydrogens is 334 g/mol. The lowest BCUT2D eigenvalue weighted by atomic mass is 10.2. The minimum Gasteiger partial charge on any atom is -0.378 e. The third-order valence-corrected chi connectivity index (χ3v) is 3.30.